The number of ether oxygens (including phenoxy) is 1. The number of halogens is 1. The number of rotatable bonds is 3. The van der Waals surface area contributed by atoms with Gasteiger partial charge in [0, 0.05) is 32.2 Å². The molecule has 4 nitrogen and oxygen atoms in total. The Kier molecular flexibility index (Phi) is 3.84. The van der Waals surface area contributed by atoms with Gasteiger partial charge in [-0.3, -0.25) is 0 Å². The lowest BCUT2D eigenvalue weighted by Gasteiger charge is -2.17. The Balaban J connectivity index is 2.13. The van der Waals surface area contributed by atoms with Crippen molar-refractivity contribution in [2.75, 3.05) is 31.7 Å². The van der Waals surface area contributed by atoms with E-state index in [0.717, 1.165) is 31.3 Å². The number of aryl methyl sites for hydroxylation is 1. The highest BCUT2D eigenvalue weighted by molar-refractivity contribution is 6.29. The molecule has 1 saturated heterocycles. The second kappa shape index (κ2) is 5.19. The molecular weight excluding hydrogens is 238 g/mol. The Labute approximate surface area is 107 Å². The third kappa shape index (κ3) is 2.87. The van der Waals surface area contributed by atoms with Crippen molar-refractivity contribution in [2.45, 2.75) is 13.8 Å². The summed E-state index contributed by atoms with van der Waals surface area (Å²) >= 11 is 5.96. The van der Waals surface area contributed by atoms with Crippen molar-refractivity contribution in [1.29, 1.82) is 0 Å². The van der Waals surface area contributed by atoms with E-state index in [2.05, 4.69) is 21.8 Å². The van der Waals surface area contributed by atoms with Crippen molar-refractivity contribution in [1.82, 2.24) is 9.97 Å². The summed E-state index contributed by atoms with van der Waals surface area (Å²) < 4.78 is 5.24. The molecule has 94 valence electrons. The monoisotopic (exact) mass is 255 g/mol. The zero-order chi connectivity index (χ0) is 12.4. The summed E-state index contributed by atoms with van der Waals surface area (Å²) in [5, 5.41) is 0.510. The van der Waals surface area contributed by atoms with E-state index in [4.69, 9.17) is 16.3 Å². The SMILES string of the molecule is COC[C@H]1CN(c2cc(Cl)nc(C)n2)C[C@@H]1C. The fourth-order valence-electron chi connectivity index (χ4n) is 2.33. The lowest BCUT2D eigenvalue weighted by Crippen LogP contribution is -2.22. The summed E-state index contributed by atoms with van der Waals surface area (Å²) in [6.07, 6.45) is 0. The molecular formula is C12H18ClN3O. The van der Waals surface area contributed by atoms with Crippen molar-refractivity contribution in [2.24, 2.45) is 11.8 Å². The minimum absolute atomic E-state index is 0.510. The molecule has 1 aliphatic rings. The van der Waals surface area contributed by atoms with E-state index in [9.17, 15) is 0 Å². The van der Waals surface area contributed by atoms with Gasteiger partial charge in [0.1, 0.15) is 16.8 Å². The second-order valence-electron chi connectivity index (χ2n) is 4.69. The molecule has 0 unspecified atom stereocenters. The number of hydrogen-bond acceptors (Lipinski definition) is 4. The minimum atomic E-state index is 0.510. The molecule has 0 saturated carbocycles. The maximum atomic E-state index is 5.96. The van der Waals surface area contributed by atoms with Crippen LogP contribution in [0.5, 0.6) is 0 Å². The van der Waals surface area contributed by atoms with Gasteiger partial charge in [0.2, 0.25) is 0 Å². The van der Waals surface area contributed by atoms with Gasteiger partial charge >= 0.3 is 0 Å². The molecule has 1 aliphatic heterocycles. The third-order valence-electron chi connectivity index (χ3n) is 3.27. The predicted molar refractivity (Wildman–Crippen MR) is 68.5 cm³/mol. The average molecular weight is 256 g/mol. The quantitative estimate of drug-likeness (QED) is 0.776. The van der Waals surface area contributed by atoms with Crippen LogP contribution in [0.4, 0.5) is 5.82 Å². The first-order chi connectivity index (χ1) is 8.10. The van der Waals surface area contributed by atoms with Crippen LogP contribution in [-0.4, -0.2) is 36.8 Å². The molecule has 17 heavy (non-hydrogen) atoms. The number of methoxy groups -OCH3 is 1. The predicted octanol–water partition coefficient (Wildman–Crippen LogP) is 2.16. The highest BCUT2D eigenvalue weighted by Crippen LogP contribution is 2.28. The molecule has 5 heteroatoms. The van der Waals surface area contributed by atoms with Crippen LogP contribution in [0.15, 0.2) is 6.07 Å². The van der Waals surface area contributed by atoms with Crippen LogP contribution in [0.25, 0.3) is 0 Å². The van der Waals surface area contributed by atoms with Crippen LogP contribution < -0.4 is 4.90 Å². The zero-order valence-electron chi connectivity index (χ0n) is 10.5. The fourth-order valence-corrected chi connectivity index (χ4v) is 2.55. The Hall–Kier alpha value is -0.870. The van der Waals surface area contributed by atoms with E-state index in [-0.39, 0.29) is 0 Å². The molecule has 0 spiro atoms. The zero-order valence-corrected chi connectivity index (χ0v) is 11.2. The van der Waals surface area contributed by atoms with E-state index >= 15 is 0 Å². The first-order valence-electron chi connectivity index (χ1n) is 5.85. The normalized spacial score (nSPS) is 24.4. The van der Waals surface area contributed by atoms with Gasteiger partial charge in [0.15, 0.2) is 0 Å². The van der Waals surface area contributed by atoms with Crippen molar-refractivity contribution < 1.29 is 4.74 Å². The van der Waals surface area contributed by atoms with Crippen LogP contribution in [0.3, 0.4) is 0 Å². The lowest BCUT2D eigenvalue weighted by atomic mass is 10.00. The van der Waals surface area contributed by atoms with Gasteiger partial charge in [-0.25, -0.2) is 9.97 Å². The summed E-state index contributed by atoms with van der Waals surface area (Å²) in [7, 11) is 1.75. The highest BCUT2D eigenvalue weighted by Gasteiger charge is 2.30. The van der Waals surface area contributed by atoms with E-state index in [1.165, 1.54) is 0 Å². The van der Waals surface area contributed by atoms with Crippen molar-refractivity contribution in [3.63, 3.8) is 0 Å². The summed E-state index contributed by atoms with van der Waals surface area (Å²) in [4.78, 5) is 10.8. The van der Waals surface area contributed by atoms with Gasteiger partial charge < -0.3 is 9.64 Å². The molecule has 2 atom stereocenters. The average Bonchev–Trinajstić information content (AvgIpc) is 2.60. The van der Waals surface area contributed by atoms with E-state index in [1.54, 1.807) is 7.11 Å². The Bertz CT molecular complexity index is 379. The molecule has 0 N–H and O–H groups in total. The lowest BCUT2D eigenvalue weighted by molar-refractivity contribution is 0.144. The molecule has 1 fully saturated rings. The second-order valence-corrected chi connectivity index (χ2v) is 5.08. The van der Waals surface area contributed by atoms with Gasteiger partial charge in [-0.15, -0.1) is 0 Å². The minimum Gasteiger partial charge on any atom is -0.384 e. The maximum absolute atomic E-state index is 5.96. The van der Waals surface area contributed by atoms with E-state index in [1.807, 2.05) is 13.0 Å². The summed E-state index contributed by atoms with van der Waals surface area (Å²) in [5.74, 6) is 2.82. The van der Waals surface area contributed by atoms with Crippen molar-refractivity contribution in [3.05, 3.63) is 17.0 Å². The topological polar surface area (TPSA) is 38.2 Å². The van der Waals surface area contributed by atoms with Crippen LogP contribution >= 0.6 is 11.6 Å². The van der Waals surface area contributed by atoms with E-state index < -0.39 is 0 Å². The Morgan fingerprint density at radius 1 is 1.47 bits per heavy atom. The molecule has 2 heterocycles. The van der Waals surface area contributed by atoms with Crippen LogP contribution in [0, 0.1) is 18.8 Å². The van der Waals surface area contributed by atoms with Gasteiger partial charge in [-0.2, -0.15) is 0 Å². The first-order valence-corrected chi connectivity index (χ1v) is 6.23. The number of nitrogens with zero attached hydrogens (tertiary/aromatic N) is 3. The van der Waals surface area contributed by atoms with Crippen LogP contribution in [0.2, 0.25) is 5.15 Å². The number of aromatic nitrogens is 2. The largest absolute Gasteiger partial charge is 0.384 e. The Morgan fingerprint density at radius 3 is 2.88 bits per heavy atom. The van der Waals surface area contributed by atoms with Crippen molar-refractivity contribution in [3.8, 4) is 0 Å². The van der Waals surface area contributed by atoms with Gasteiger partial charge in [0.25, 0.3) is 0 Å². The van der Waals surface area contributed by atoms with Gasteiger partial charge in [-0.05, 0) is 12.8 Å². The highest BCUT2D eigenvalue weighted by atomic mass is 35.5. The smallest absolute Gasteiger partial charge is 0.134 e. The molecule has 0 amide bonds. The summed E-state index contributed by atoms with van der Waals surface area (Å²) in [5.41, 5.74) is 0. The standard InChI is InChI=1S/C12H18ClN3O/c1-8-5-16(6-10(8)7-17-3)12-4-11(13)14-9(2)15-12/h4,8,10H,5-7H2,1-3H3/t8-,10+/m0/s1. The van der Waals surface area contributed by atoms with Crippen LogP contribution in [-0.2, 0) is 4.74 Å². The summed E-state index contributed by atoms with van der Waals surface area (Å²) in [6, 6.07) is 1.83. The van der Waals surface area contributed by atoms with Crippen LogP contribution in [0.1, 0.15) is 12.7 Å². The van der Waals surface area contributed by atoms with Gasteiger partial charge in [0.05, 0.1) is 6.61 Å². The number of hydrogen-bond donors (Lipinski definition) is 0. The molecule has 0 radical (unpaired) electrons. The first kappa shape index (κ1) is 12.6. The fraction of sp³-hybridized carbons (Fsp3) is 0.667. The molecule has 0 aromatic carbocycles. The summed E-state index contributed by atoms with van der Waals surface area (Å²) in [6.45, 7) is 6.89. The van der Waals surface area contributed by atoms with E-state index in [0.29, 0.717) is 17.0 Å². The Morgan fingerprint density at radius 2 is 2.24 bits per heavy atom. The van der Waals surface area contributed by atoms with Gasteiger partial charge in [-0.1, -0.05) is 18.5 Å². The molecule has 1 aromatic heterocycles. The van der Waals surface area contributed by atoms with Crippen molar-refractivity contribution >= 4 is 17.4 Å². The molecule has 2 rings (SSSR count). The molecule has 0 bridgehead atoms. The maximum Gasteiger partial charge on any atom is 0.134 e. The third-order valence-corrected chi connectivity index (χ3v) is 3.46. The number of anilines is 1. The molecule has 0 aliphatic carbocycles. The molecule has 1 aromatic rings.